The van der Waals surface area contributed by atoms with Crippen molar-refractivity contribution in [3.05, 3.63) is 51.1 Å². The van der Waals surface area contributed by atoms with Crippen LogP contribution in [0.15, 0.2) is 44.3 Å². The summed E-state index contributed by atoms with van der Waals surface area (Å²) in [6.07, 6.45) is 5.94. The molecule has 0 bridgehead atoms. The van der Waals surface area contributed by atoms with Crippen molar-refractivity contribution in [1.82, 2.24) is 10.4 Å². The van der Waals surface area contributed by atoms with Crippen LogP contribution in [0, 0.1) is 0 Å². The first-order valence-electron chi connectivity index (χ1n) is 4.99. The number of pyridine rings is 1. The first kappa shape index (κ1) is 12.8. The molecule has 0 saturated heterocycles. The van der Waals surface area contributed by atoms with E-state index in [0.717, 1.165) is 22.0 Å². The van der Waals surface area contributed by atoms with E-state index in [9.17, 15) is 0 Å². The maximum atomic E-state index is 5.57. The molecule has 90 valence electrons. The molecule has 2 heterocycles. The molecule has 2 aromatic rings. The molecule has 0 fully saturated rings. The van der Waals surface area contributed by atoms with E-state index < -0.39 is 0 Å². The number of nitrogens with one attached hydrogen (secondary N) is 1. The predicted octanol–water partition coefficient (Wildman–Crippen LogP) is 2.95. The molecule has 1 atom stereocenters. The zero-order valence-corrected chi connectivity index (χ0v) is 12.0. The Morgan fingerprint density at radius 3 is 2.82 bits per heavy atom. The normalized spacial score (nSPS) is 12.6. The van der Waals surface area contributed by atoms with Crippen LogP contribution < -0.4 is 11.3 Å². The maximum absolute atomic E-state index is 5.57. The minimum Gasteiger partial charge on any atom is -0.457 e. The second-order valence-corrected chi connectivity index (χ2v) is 5.22. The van der Waals surface area contributed by atoms with Gasteiger partial charge in [0.05, 0.1) is 12.3 Å². The molecule has 1 unspecified atom stereocenters. The quantitative estimate of drug-likeness (QED) is 0.650. The highest BCUT2D eigenvalue weighted by molar-refractivity contribution is 9.10. The van der Waals surface area contributed by atoms with Gasteiger partial charge in [0.15, 0.2) is 4.67 Å². The first-order valence-corrected chi connectivity index (χ1v) is 6.57. The summed E-state index contributed by atoms with van der Waals surface area (Å²) >= 11 is 6.74. The van der Waals surface area contributed by atoms with Gasteiger partial charge in [0.25, 0.3) is 0 Å². The van der Waals surface area contributed by atoms with Gasteiger partial charge in [-0.15, -0.1) is 0 Å². The highest BCUT2D eigenvalue weighted by Crippen LogP contribution is 2.26. The number of hydrogen-bond donors (Lipinski definition) is 2. The number of halogens is 2. The van der Waals surface area contributed by atoms with Crippen LogP contribution >= 0.6 is 31.9 Å². The van der Waals surface area contributed by atoms with Crippen LogP contribution in [-0.2, 0) is 6.42 Å². The predicted molar refractivity (Wildman–Crippen MR) is 72.1 cm³/mol. The molecule has 6 heteroatoms. The second kappa shape index (κ2) is 5.77. The van der Waals surface area contributed by atoms with Crippen molar-refractivity contribution in [3.63, 3.8) is 0 Å². The second-order valence-electron chi connectivity index (χ2n) is 3.58. The van der Waals surface area contributed by atoms with Gasteiger partial charge in [0, 0.05) is 22.4 Å². The molecule has 2 rings (SSSR count). The molecular weight excluding hydrogens is 350 g/mol. The van der Waals surface area contributed by atoms with Gasteiger partial charge < -0.3 is 4.42 Å². The van der Waals surface area contributed by atoms with Crippen molar-refractivity contribution in [2.75, 3.05) is 0 Å². The number of nitrogens with two attached hydrogens (primary N) is 1. The van der Waals surface area contributed by atoms with Crippen LogP contribution in [0.3, 0.4) is 0 Å². The minimum absolute atomic E-state index is 0.0146. The van der Waals surface area contributed by atoms with Crippen LogP contribution in [0.1, 0.15) is 17.2 Å². The zero-order chi connectivity index (χ0) is 12.3. The van der Waals surface area contributed by atoms with Crippen molar-refractivity contribution in [2.45, 2.75) is 12.5 Å². The van der Waals surface area contributed by atoms with Gasteiger partial charge in [-0.1, -0.05) is 0 Å². The fourth-order valence-electron chi connectivity index (χ4n) is 1.62. The van der Waals surface area contributed by atoms with Crippen molar-refractivity contribution >= 4 is 31.9 Å². The van der Waals surface area contributed by atoms with Gasteiger partial charge in [-0.2, -0.15) is 0 Å². The molecule has 17 heavy (non-hydrogen) atoms. The SMILES string of the molecule is NNC(Cc1cncc(Br)c1)c1ccoc1Br. The molecule has 0 aromatic carbocycles. The lowest BCUT2D eigenvalue weighted by molar-refractivity contribution is 0.506. The molecule has 0 spiro atoms. The van der Waals surface area contributed by atoms with E-state index in [2.05, 4.69) is 42.3 Å². The summed E-state index contributed by atoms with van der Waals surface area (Å²) in [6.45, 7) is 0. The molecule has 2 aromatic heterocycles. The van der Waals surface area contributed by atoms with Crippen LogP contribution in [0.25, 0.3) is 0 Å². The van der Waals surface area contributed by atoms with Crippen molar-refractivity contribution < 1.29 is 4.42 Å². The maximum Gasteiger partial charge on any atom is 0.173 e. The number of hydrogen-bond acceptors (Lipinski definition) is 4. The molecule has 4 nitrogen and oxygen atoms in total. The molecule has 0 aliphatic rings. The third-order valence-electron chi connectivity index (χ3n) is 2.42. The Hall–Kier alpha value is -0.690. The Balaban J connectivity index is 2.19. The van der Waals surface area contributed by atoms with Crippen LogP contribution in [0.5, 0.6) is 0 Å². The summed E-state index contributed by atoms with van der Waals surface area (Å²) in [5, 5.41) is 0. The number of hydrazine groups is 1. The monoisotopic (exact) mass is 359 g/mol. The molecule has 0 aliphatic heterocycles. The topological polar surface area (TPSA) is 64.1 Å². The number of rotatable bonds is 4. The van der Waals surface area contributed by atoms with Crippen LogP contribution in [0.2, 0.25) is 0 Å². The van der Waals surface area contributed by atoms with Gasteiger partial charge >= 0.3 is 0 Å². The van der Waals surface area contributed by atoms with Crippen LogP contribution in [-0.4, -0.2) is 4.98 Å². The smallest absolute Gasteiger partial charge is 0.173 e. The number of furan rings is 1. The standard InChI is InChI=1S/C11H11Br2N3O/c12-8-3-7(5-15-6-8)4-10(16-14)9-1-2-17-11(9)13/h1-3,5-6,10,16H,4,14H2. The lowest BCUT2D eigenvalue weighted by Crippen LogP contribution is -2.29. The highest BCUT2D eigenvalue weighted by atomic mass is 79.9. The first-order chi connectivity index (χ1) is 8.20. The summed E-state index contributed by atoms with van der Waals surface area (Å²) in [7, 11) is 0. The third-order valence-corrected chi connectivity index (χ3v) is 3.50. The van der Waals surface area contributed by atoms with Crippen molar-refractivity contribution in [2.24, 2.45) is 5.84 Å². The fourth-order valence-corrected chi connectivity index (χ4v) is 2.54. The van der Waals surface area contributed by atoms with E-state index in [1.807, 2.05) is 18.3 Å². The number of aromatic nitrogens is 1. The van der Waals surface area contributed by atoms with Gasteiger partial charge in [0.1, 0.15) is 0 Å². The lowest BCUT2D eigenvalue weighted by Gasteiger charge is -2.14. The largest absolute Gasteiger partial charge is 0.457 e. The molecular formula is C11H11Br2N3O. The molecule has 3 N–H and O–H groups in total. The molecule has 0 aliphatic carbocycles. The fraction of sp³-hybridized carbons (Fsp3) is 0.182. The summed E-state index contributed by atoms with van der Waals surface area (Å²) in [6, 6.07) is 3.89. The highest BCUT2D eigenvalue weighted by Gasteiger charge is 2.16. The summed E-state index contributed by atoms with van der Waals surface area (Å²) in [5.74, 6) is 5.57. The molecule has 0 amide bonds. The van der Waals surface area contributed by atoms with Crippen molar-refractivity contribution in [1.29, 1.82) is 0 Å². The van der Waals surface area contributed by atoms with E-state index in [1.165, 1.54) is 0 Å². The summed E-state index contributed by atoms with van der Waals surface area (Å²) < 4.78 is 6.86. The Kier molecular flexibility index (Phi) is 4.33. The van der Waals surface area contributed by atoms with E-state index >= 15 is 0 Å². The van der Waals surface area contributed by atoms with E-state index in [0.29, 0.717) is 4.67 Å². The zero-order valence-electron chi connectivity index (χ0n) is 8.86. The van der Waals surface area contributed by atoms with E-state index in [1.54, 1.807) is 12.5 Å². The minimum atomic E-state index is -0.0146. The summed E-state index contributed by atoms with van der Waals surface area (Å²) in [4.78, 5) is 4.12. The van der Waals surface area contributed by atoms with Gasteiger partial charge in [-0.05, 0) is 56.0 Å². The van der Waals surface area contributed by atoms with E-state index in [4.69, 9.17) is 10.3 Å². The molecule has 0 saturated carbocycles. The lowest BCUT2D eigenvalue weighted by atomic mass is 10.0. The van der Waals surface area contributed by atoms with Crippen LogP contribution in [0.4, 0.5) is 0 Å². The van der Waals surface area contributed by atoms with Crippen molar-refractivity contribution in [3.8, 4) is 0 Å². The number of nitrogens with zero attached hydrogens (tertiary/aromatic N) is 1. The van der Waals surface area contributed by atoms with Gasteiger partial charge in [-0.3, -0.25) is 16.3 Å². The Morgan fingerprint density at radius 1 is 1.41 bits per heavy atom. The summed E-state index contributed by atoms with van der Waals surface area (Å²) in [5.41, 5.74) is 4.87. The Morgan fingerprint density at radius 2 is 2.24 bits per heavy atom. The molecule has 0 radical (unpaired) electrons. The van der Waals surface area contributed by atoms with Gasteiger partial charge in [-0.25, -0.2) is 0 Å². The van der Waals surface area contributed by atoms with Gasteiger partial charge in [0.2, 0.25) is 0 Å². The average Bonchev–Trinajstić information content (AvgIpc) is 2.72. The third kappa shape index (κ3) is 3.16. The Bertz CT molecular complexity index is 501. The van der Waals surface area contributed by atoms with E-state index in [-0.39, 0.29) is 6.04 Å². The Labute approximate surface area is 116 Å². The average molecular weight is 361 g/mol.